The van der Waals surface area contributed by atoms with Gasteiger partial charge in [-0.05, 0) is 99.7 Å². The van der Waals surface area contributed by atoms with Crippen molar-refractivity contribution in [3.8, 4) is 11.5 Å². The second-order valence-corrected chi connectivity index (χ2v) is 12.3. The Bertz CT molecular complexity index is 1370. The summed E-state index contributed by atoms with van der Waals surface area (Å²) < 4.78 is 87.2. The van der Waals surface area contributed by atoms with Crippen LogP contribution in [0.1, 0.15) is 144 Å². The van der Waals surface area contributed by atoms with Crippen molar-refractivity contribution in [3.63, 3.8) is 0 Å². The first-order valence-corrected chi connectivity index (χ1v) is 14.7. The maximum Gasteiger partial charge on any atom is 0.345 e. The Morgan fingerprint density at radius 1 is 1.00 bits per heavy atom. The molecule has 4 nitrogen and oxygen atoms in total. The number of hydrogen-bond donors (Lipinski definition) is 0. The molecule has 216 valence electrons. The first-order chi connectivity index (χ1) is 22.1. The zero-order valence-electron chi connectivity index (χ0n) is 33.5. The summed E-state index contributed by atoms with van der Waals surface area (Å²) in [6.45, 7) is 1.86. The van der Waals surface area contributed by atoms with Crippen LogP contribution >= 0.6 is 0 Å². The van der Waals surface area contributed by atoms with Gasteiger partial charge in [-0.3, -0.25) is 4.98 Å². The van der Waals surface area contributed by atoms with Gasteiger partial charge in [-0.15, -0.1) is 0 Å². The van der Waals surface area contributed by atoms with Crippen LogP contribution < -0.4 is 9.47 Å². The van der Waals surface area contributed by atoms with Crippen molar-refractivity contribution in [1.29, 1.82) is 0 Å². The number of esters is 1. The first kappa shape index (κ1) is 20.5. The second-order valence-electron chi connectivity index (χ2n) is 12.3. The van der Waals surface area contributed by atoms with Gasteiger partial charge in [0.2, 0.25) is 0 Å². The van der Waals surface area contributed by atoms with Crippen molar-refractivity contribution in [2.75, 3.05) is 0 Å². The van der Waals surface area contributed by atoms with Gasteiger partial charge in [0.15, 0.2) is 0 Å². The van der Waals surface area contributed by atoms with E-state index in [2.05, 4.69) is 32.7 Å². The molecule has 1 aromatic heterocycles. The van der Waals surface area contributed by atoms with Crippen LogP contribution in [0.15, 0.2) is 24.5 Å². The lowest BCUT2D eigenvalue weighted by Crippen LogP contribution is -2.37. The summed E-state index contributed by atoms with van der Waals surface area (Å²) in [4.78, 5) is 17.0. The molecule has 0 amide bonds. The van der Waals surface area contributed by atoms with Crippen LogP contribution in [0.4, 0.5) is 0 Å². The number of aromatic nitrogens is 1. The minimum absolute atomic E-state index is 0.0384. The number of ether oxygens (including phenoxy) is 2. The highest BCUT2D eigenvalue weighted by Crippen LogP contribution is 2.45. The zero-order valence-corrected chi connectivity index (χ0v) is 24.5. The Morgan fingerprint density at radius 3 is 2.28 bits per heavy atom. The number of benzene rings is 1. The van der Waals surface area contributed by atoms with E-state index >= 15 is 0 Å². The fourth-order valence-electron chi connectivity index (χ4n) is 5.51. The average molecular weight is 545 g/mol. The lowest BCUT2D eigenvalue weighted by Gasteiger charge is -2.38. The molecule has 1 aliphatic heterocycles. The zero-order chi connectivity index (χ0) is 36.1. The van der Waals surface area contributed by atoms with Gasteiger partial charge in [0, 0.05) is 30.3 Å². The fourth-order valence-corrected chi connectivity index (χ4v) is 5.51. The number of carbonyl (C=O) groups excluding carboxylic acids is 1. The number of carbonyl (C=O) groups is 1. The minimum Gasteiger partial charge on any atom is -0.487 e. The Labute approximate surface area is 250 Å². The van der Waals surface area contributed by atoms with Gasteiger partial charge in [0.05, 0.1) is 5.56 Å². The third-order valence-corrected chi connectivity index (χ3v) is 8.13. The van der Waals surface area contributed by atoms with Crippen molar-refractivity contribution in [2.24, 2.45) is 17.8 Å². The van der Waals surface area contributed by atoms with E-state index < -0.39 is 54.6 Å². The molecule has 0 saturated carbocycles. The summed E-state index contributed by atoms with van der Waals surface area (Å²) >= 11 is 0. The van der Waals surface area contributed by atoms with Gasteiger partial charge in [0.1, 0.15) is 17.1 Å². The molecule has 2 heterocycles. The SMILES string of the molecule is [2H]C([2H])([2H])c1c2c(c(C([2H])([2H])[2H])c(C([2H])([2H])[2H])c1OC(=O)c1cccnc1)OC(C)(CCCC(C)CCCC(C)CCCC(C)C)CC2. The van der Waals surface area contributed by atoms with Crippen LogP contribution in [0.2, 0.25) is 0 Å². The number of hydrogen-bond acceptors (Lipinski definition) is 4. The van der Waals surface area contributed by atoms with Crippen molar-refractivity contribution in [1.82, 2.24) is 4.98 Å². The summed E-state index contributed by atoms with van der Waals surface area (Å²) in [5.41, 5.74) is -2.85. The summed E-state index contributed by atoms with van der Waals surface area (Å²) in [6, 6.07) is 2.85. The van der Waals surface area contributed by atoms with E-state index in [-0.39, 0.29) is 23.3 Å². The molecule has 0 spiro atoms. The largest absolute Gasteiger partial charge is 0.487 e. The molecule has 0 aliphatic carbocycles. The standard InChI is InChI=1S/C35H53NO3/c1-24(2)13-9-14-25(3)15-10-16-26(4)17-11-20-35(8)21-19-31-29(7)32(27(5)28(6)33(31)39-35)38-34(37)30-18-12-22-36-23-30/h12,18,22-26H,9-11,13-17,19-21H2,1-8H3/i5D3,6D3,7D3. The highest BCUT2D eigenvalue weighted by molar-refractivity contribution is 5.91. The highest BCUT2D eigenvalue weighted by Gasteiger charge is 2.35. The van der Waals surface area contributed by atoms with Crippen LogP contribution in [0.3, 0.4) is 0 Å². The molecule has 0 bridgehead atoms. The van der Waals surface area contributed by atoms with E-state index in [1.165, 1.54) is 56.6 Å². The Kier molecular flexibility index (Phi) is 7.53. The van der Waals surface area contributed by atoms with Gasteiger partial charge >= 0.3 is 5.97 Å². The van der Waals surface area contributed by atoms with E-state index in [0.29, 0.717) is 18.8 Å². The summed E-state index contributed by atoms with van der Waals surface area (Å²) in [6.07, 6.45) is 12.8. The number of nitrogens with zero attached hydrogens (tertiary/aromatic N) is 1. The second kappa shape index (κ2) is 14.3. The van der Waals surface area contributed by atoms with Crippen molar-refractivity contribution in [3.05, 3.63) is 52.3 Å². The molecule has 4 heteroatoms. The lowest BCUT2D eigenvalue weighted by atomic mass is 9.83. The molecule has 3 atom stereocenters. The molecule has 39 heavy (non-hydrogen) atoms. The van der Waals surface area contributed by atoms with E-state index in [1.54, 1.807) is 0 Å². The summed E-state index contributed by atoms with van der Waals surface area (Å²) in [7, 11) is 0. The van der Waals surface area contributed by atoms with Gasteiger partial charge < -0.3 is 9.47 Å². The maximum absolute atomic E-state index is 13.1. The topological polar surface area (TPSA) is 48.4 Å². The molecule has 2 aromatic rings. The number of fused-ring (bicyclic) bond motifs is 1. The van der Waals surface area contributed by atoms with Crippen LogP contribution in [-0.2, 0) is 6.42 Å². The van der Waals surface area contributed by atoms with Crippen LogP contribution in [0.25, 0.3) is 0 Å². The van der Waals surface area contributed by atoms with Gasteiger partial charge in [-0.2, -0.15) is 0 Å². The normalized spacial score (nSPS) is 22.8. The van der Waals surface area contributed by atoms with Gasteiger partial charge in [-0.1, -0.05) is 72.6 Å². The molecule has 0 radical (unpaired) electrons. The van der Waals surface area contributed by atoms with Crippen LogP contribution in [0, 0.1) is 38.3 Å². The Morgan fingerprint density at radius 2 is 1.67 bits per heavy atom. The molecule has 0 fully saturated rings. The predicted octanol–water partition coefficient (Wildman–Crippen LogP) is 9.75. The predicted molar refractivity (Wildman–Crippen MR) is 162 cm³/mol. The van der Waals surface area contributed by atoms with Gasteiger partial charge in [-0.25, -0.2) is 4.79 Å². The van der Waals surface area contributed by atoms with Gasteiger partial charge in [0.25, 0.3) is 0 Å². The Balaban J connectivity index is 1.89. The quantitative estimate of drug-likeness (QED) is 0.175. The molecule has 3 rings (SSSR count). The molecule has 1 aromatic carbocycles. The number of pyridine rings is 1. The molecule has 1 aliphatic rings. The fraction of sp³-hybridized carbons (Fsp3) is 0.657. The molecule has 3 unspecified atom stereocenters. The summed E-state index contributed by atoms with van der Waals surface area (Å²) in [5.74, 6) is -0.103. The molecule has 0 N–H and O–H groups in total. The van der Waals surface area contributed by atoms with Crippen molar-refractivity contribution in [2.45, 2.75) is 131 Å². The number of rotatable bonds is 14. The highest BCUT2D eigenvalue weighted by atomic mass is 16.5. The van der Waals surface area contributed by atoms with Crippen molar-refractivity contribution >= 4 is 5.97 Å². The van der Waals surface area contributed by atoms with E-state index in [9.17, 15) is 4.79 Å². The molecular formula is C35H53NO3. The van der Waals surface area contributed by atoms with E-state index in [0.717, 1.165) is 31.1 Å². The van der Waals surface area contributed by atoms with Crippen LogP contribution in [0.5, 0.6) is 11.5 Å². The monoisotopic (exact) mass is 544 g/mol. The third-order valence-electron chi connectivity index (χ3n) is 8.13. The van der Waals surface area contributed by atoms with E-state index in [4.69, 9.17) is 21.8 Å². The first-order valence-electron chi connectivity index (χ1n) is 19.2. The third kappa shape index (κ3) is 8.82. The smallest absolute Gasteiger partial charge is 0.345 e. The van der Waals surface area contributed by atoms with Crippen molar-refractivity contribution < 1.29 is 26.6 Å². The average Bonchev–Trinajstić information content (AvgIpc) is 2.95. The summed E-state index contributed by atoms with van der Waals surface area (Å²) in [5, 5.41) is 0. The molecular weight excluding hydrogens is 482 g/mol. The maximum atomic E-state index is 13.1. The van der Waals surface area contributed by atoms with Crippen LogP contribution in [-0.4, -0.2) is 16.6 Å². The lowest BCUT2D eigenvalue weighted by molar-refractivity contribution is 0.0508. The minimum atomic E-state index is -3.15. The Hall–Kier alpha value is -2.36. The van der Waals surface area contributed by atoms with E-state index in [1.807, 2.05) is 6.92 Å². The molecule has 0 saturated heterocycles.